The molecule has 2 rings (SSSR count). The summed E-state index contributed by atoms with van der Waals surface area (Å²) in [7, 11) is 0. The summed E-state index contributed by atoms with van der Waals surface area (Å²) in [4.78, 5) is 13.3. The van der Waals surface area contributed by atoms with Gasteiger partial charge in [0, 0.05) is 25.9 Å². The normalized spacial score (nSPS) is 18.1. The zero-order valence-electron chi connectivity index (χ0n) is 11.6. The van der Waals surface area contributed by atoms with Crippen LogP contribution in [0.15, 0.2) is 24.8 Å². The molecule has 22 heavy (non-hydrogen) atoms. The van der Waals surface area contributed by atoms with Crippen molar-refractivity contribution in [2.45, 2.75) is 24.9 Å². The number of benzene rings is 1. The van der Waals surface area contributed by atoms with E-state index in [1.54, 1.807) is 0 Å². The predicted molar refractivity (Wildman–Crippen MR) is 71.6 cm³/mol. The molecule has 0 N–H and O–H groups in total. The minimum absolute atomic E-state index is 0.262. The lowest BCUT2D eigenvalue weighted by Crippen LogP contribution is -2.43. The number of carbonyl (C=O) groups excluding carboxylic acids is 1. The molecule has 0 atom stereocenters. The van der Waals surface area contributed by atoms with Crippen molar-refractivity contribution in [3.63, 3.8) is 0 Å². The Labute approximate surface area is 124 Å². The molecule has 1 saturated heterocycles. The van der Waals surface area contributed by atoms with Gasteiger partial charge in [0.2, 0.25) is 0 Å². The van der Waals surface area contributed by atoms with E-state index in [0.717, 1.165) is 17.0 Å². The standard InChI is InChI=1S/C15H14F5NO/c1-2-10-3-4-12(15(18,19)20)11(9-10)13(22)21-7-5-14(16,17)6-8-21/h2-4,9H,1,5-8H2. The van der Waals surface area contributed by atoms with Crippen molar-refractivity contribution >= 4 is 12.0 Å². The van der Waals surface area contributed by atoms with Crippen LogP contribution in [-0.2, 0) is 6.18 Å². The van der Waals surface area contributed by atoms with Crippen LogP contribution >= 0.6 is 0 Å². The van der Waals surface area contributed by atoms with Gasteiger partial charge in [-0.2, -0.15) is 13.2 Å². The number of rotatable bonds is 2. The molecule has 0 saturated carbocycles. The highest BCUT2D eigenvalue weighted by Gasteiger charge is 2.39. The van der Waals surface area contributed by atoms with E-state index < -0.39 is 42.0 Å². The van der Waals surface area contributed by atoms with Crippen molar-refractivity contribution in [1.29, 1.82) is 0 Å². The molecule has 1 fully saturated rings. The van der Waals surface area contributed by atoms with Gasteiger partial charge in [-0.15, -0.1) is 0 Å². The molecule has 2 nitrogen and oxygen atoms in total. The molecular weight excluding hydrogens is 305 g/mol. The maximum Gasteiger partial charge on any atom is 0.417 e. The van der Waals surface area contributed by atoms with E-state index in [1.807, 2.05) is 0 Å². The molecule has 1 aliphatic heterocycles. The fourth-order valence-electron chi connectivity index (χ4n) is 2.32. The molecule has 1 amide bonds. The van der Waals surface area contributed by atoms with Crippen LogP contribution < -0.4 is 0 Å². The lowest BCUT2D eigenvalue weighted by atomic mass is 10.00. The second-order valence-electron chi connectivity index (χ2n) is 5.16. The van der Waals surface area contributed by atoms with E-state index in [2.05, 4.69) is 6.58 Å². The van der Waals surface area contributed by atoms with Gasteiger partial charge in [0.05, 0.1) is 11.1 Å². The van der Waals surface area contributed by atoms with Gasteiger partial charge in [0.25, 0.3) is 11.8 Å². The van der Waals surface area contributed by atoms with Gasteiger partial charge in [-0.25, -0.2) is 8.78 Å². The minimum Gasteiger partial charge on any atom is -0.338 e. The topological polar surface area (TPSA) is 20.3 Å². The number of halogens is 5. The number of hydrogen-bond acceptors (Lipinski definition) is 1. The molecule has 0 unspecified atom stereocenters. The summed E-state index contributed by atoms with van der Waals surface area (Å²) in [6.07, 6.45) is -4.45. The fourth-order valence-corrected chi connectivity index (χ4v) is 2.32. The Bertz CT molecular complexity index is 584. The number of likely N-dealkylation sites (tertiary alicyclic amines) is 1. The molecule has 1 aromatic rings. The molecule has 1 heterocycles. The first-order valence-corrected chi connectivity index (χ1v) is 6.65. The number of amides is 1. The van der Waals surface area contributed by atoms with E-state index in [-0.39, 0.29) is 13.1 Å². The molecular formula is C15H14F5NO. The monoisotopic (exact) mass is 319 g/mol. The minimum atomic E-state index is -4.69. The third-order valence-electron chi connectivity index (χ3n) is 3.60. The summed E-state index contributed by atoms with van der Waals surface area (Å²) in [5.41, 5.74) is -1.24. The highest BCUT2D eigenvalue weighted by molar-refractivity contribution is 5.96. The molecule has 0 aromatic heterocycles. The Morgan fingerprint density at radius 3 is 2.32 bits per heavy atom. The van der Waals surface area contributed by atoms with Crippen LogP contribution in [0.25, 0.3) is 6.08 Å². The predicted octanol–water partition coefficient (Wildman–Crippen LogP) is 4.22. The quantitative estimate of drug-likeness (QED) is 0.748. The summed E-state index contributed by atoms with van der Waals surface area (Å²) in [5, 5.41) is 0. The van der Waals surface area contributed by atoms with Crippen molar-refractivity contribution in [2.24, 2.45) is 0 Å². The van der Waals surface area contributed by atoms with Crippen LogP contribution in [0.2, 0.25) is 0 Å². The summed E-state index contributed by atoms with van der Waals surface area (Å²) in [5.74, 6) is -3.75. The van der Waals surface area contributed by atoms with E-state index in [0.29, 0.717) is 5.56 Å². The second kappa shape index (κ2) is 5.70. The van der Waals surface area contributed by atoms with Crippen molar-refractivity contribution < 1.29 is 26.7 Å². The van der Waals surface area contributed by atoms with Crippen LogP contribution in [0.4, 0.5) is 22.0 Å². The Morgan fingerprint density at radius 2 is 1.82 bits per heavy atom. The van der Waals surface area contributed by atoms with Crippen molar-refractivity contribution in [1.82, 2.24) is 4.90 Å². The zero-order valence-corrected chi connectivity index (χ0v) is 11.6. The molecule has 0 radical (unpaired) electrons. The number of carbonyl (C=O) groups is 1. The average molecular weight is 319 g/mol. The van der Waals surface area contributed by atoms with Gasteiger partial charge in [-0.3, -0.25) is 4.79 Å². The van der Waals surface area contributed by atoms with Gasteiger partial charge in [-0.05, 0) is 17.7 Å². The molecule has 1 aromatic carbocycles. The highest BCUT2D eigenvalue weighted by atomic mass is 19.4. The molecule has 1 aliphatic rings. The third kappa shape index (κ3) is 3.45. The van der Waals surface area contributed by atoms with Gasteiger partial charge >= 0.3 is 6.18 Å². The Kier molecular flexibility index (Phi) is 4.26. The van der Waals surface area contributed by atoms with Gasteiger partial charge in [-0.1, -0.05) is 18.7 Å². The lowest BCUT2D eigenvalue weighted by molar-refractivity contribution is -0.138. The van der Waals surface area contributed by atoms with Crippen LogP contribution in [0.3, 0.4) is 0 Å². The maximum absolute atomic E-state index is 13.1. The number of alkyl halides is 5. The van der Waals surface area contributed by atoms with Gasteiger partial charge in [0.1, 0.15) is 0 Å². The van der Waals surface area contributed by atoms with Gasteiger partial charge in [0.15, 0.2) is 0 Å². The van der Waals surface area contributed by atoms with E-state index in [4.69, 9.17) is 0 Å². The highest BCUT2D eigenvalue weighted by Crippen LogP contribution is 2.34. The molecule has 0 bridgehead atoms. The Morgan fingerprint density at radius 1 is 1.23 bits per heavy atom. The van der Waals surface area contributed by atoms with Crippen LogP contribution in [-0.4, -0.2) is 29.8 Å². The summed E-state index contributed by atoms with van der Waals surface area (Å²) in [6.45, 7) is 2.92. The summed E-state index contributed by atoms with van der Waals surface area (Å²) < 4.78 is 65.3. The number of piperidine rings is 1. The largest absolute Gasteiger partial charge is 0.417 e. The average Bonchev–Trinajstić information content (AvgIpc) is 2.45. The molecule has 120 valence electrons. The fraction of sp³-hybridized carbons (Fsp3) is 0.400. The van der Waals surface area contributed by atoms with Crippen molar-refractivity contribution in [3.8, 4) is 0 Å². The van der Waals surface area contributed by atoms with Gasteiger partial charge < -0.3 is 4.90 Å². The molecule has 0 aliphatic carbocycles. The van der Waals surface area contributed by atoms with E-state index >= 15 is 0 Å². The summed E-state index contributed by atoms with van der Waals surface area (Å²) in [6, 6.07) is 3.10. The lowest BCUT2D eigenvalue weighted by Gasteiger charge is -2.32. The zero-order chi connectivity index (χ0) is 16.5. The second-order valence-corrected chi connectivity index (χ2v) is 5.16. The first-order valence-electron chi connectivity index (χ1n) is 6.65. The molecule has 7 heteroatoms. The van der Waals surface area contributed by atoms with Crippen molar-refractivity contribution in [3.05, 3.63) is 41.5 Å². The van der Waals surface area contributed by atoms with Crippen LogP contribution in [0.1, 0.15) is 34.3 Å². The van der Waals surface area contributed by atoms with E-state index in [1.165, 1.54) is 12.1 Å². The Balaban J connectivity index is 2.34. The number of hydrogen-bond donors (Lipinski definition) is 0. The summed E-state index contributed by atoms with van der Waals surface area (Å²) >= 11 is 0. The van der Waals surface area contributed by atoms with Crippen LogP contribution in [0, 0.1) is 0 Å². The molecule has 0 spiro atoms. The Hall–Kier alpha value is -1.92. The van der Waals surface area contributed by atoms with Crippen molar-refractivity contribution in [2.75, 3.05) is 13.1 Å². The smallest absolute Gasteiger partial charge is 0.338 e. The third-order valence-corrected chi connectivity index (χ3v) is 3.60. The van der Waals surface area contributed by atoms with Crippen LogP contribution in [0.5, 0.6) is 0 Å². The maximum atomic E-state index is 13.1. The van der Waals surface area contributed by atoms with E-state index in [9.17, 15) is 26.7 Å². The SMILES string of the molecule is C=Cc1ccc(C(F)(F)F)c(C(=O)N2CCC(F)(F)CC2)c1. The first kappa shape index (κ1) is 16.5. The first-order chi connectivity index (χ1) is 10.1. The number of nitrogens with zero attached hydrogens (tertiary/aromatic N) is 1.